The molecule has 0 radical (unpaired) electrons. The number of nitrogens with zero attached hydrogens (tertiary/aromatic N) is 1. The molecule has 0 bridgehead atoms. The van der Waals surface area contributed by atoms with E-state index >= 15 is 0 Å². The predicted molar refractivity (Wildman–Crippen MR) is 60.3 cm³/mol. The molecule has 0 aliphatic heterocycles. The van der Waals surface area contributed by atoms with Gasteiger partial charge in [0.2, 0.25) is 0 Å². The zero-order valence-electron chi connectivity index (χ0n) is 9.28. The highest BCUT2D eigenvalue weighted by Crippen LogP contribution is 2.22. The number of likely N-dealkylation sites (N-methyl/N-ethyl adjacent to an activating group) is 1. The Bertz CT molecular complexity index is 170. The number of rotatable bonds is 5. The third kappa shape index (κ3) is 3.43. The van der Waals surface area contributed by atoms with Gasteiger partial charge in [-0.05, 0) is 39.3 Å². The molecule has 2 atom stereocenters. The van der Waals surface area contributed by atoms with Gasteiger partial charge in [-0.2, -0.15) is 0 Å². The van der Waals surface area contributed by atoms with Crippen LogP contribution in [0.3, 0.4) is 0 Å². The molecule has 1 N–H and O–H groups in total. The van der Waals surface area contributed by atoms with Crippen LogP contribution < -0.4 is 0 Å². The van der Waals surface area contributed by atoms with Crippen molar-refractivity contribution in [3.8, 4) is 0 Å². The SMILES string of the molecule is C=CCCCN(C)C1CCCCC1O. The number of hydrogen-bond acceptors (Lipinski definition) is 2. The molecule has 1 aliphatic rings. The standard InChI is InChI=1S/C12H23NO/c1-3-4-7-10-13(2)11-8-5-6-9-12(11)14/h3,11-12,14H,1,4-10H2,2H3. The summed E-state index contributed by atoms with van der Waals surface area (Å²) in [6, 6.07) is 0.397. The second kappa shape index (κ2) is 6.20. The second-order valence-corrected chi connectivity index (χ2v) is 4.33. The largest absolute Gasteiger partial charge is 0.391 e. The Labute approximate surface area is 87.6 Å². The first-order valence-corrected chi connectivity index (χ1v) is 5.75. The summed E-state index contributed by atoms with van der Waals surface area (Å²) in [4.78, 5) is 2.31. The summed E-state index contributed by atoms with van der Waals surface area (Å²) in [7, 11) is 2.13. The smallest absolute Gasteiger partial charge is 0.0695 e. The van der Waals surface area contributed by atoms with Crippen molar-refractivity contribution in [3.63, 3.8) is 0 Å². The van der Waals surface area contributed by atoms with E-state index in [0.717, 1.165) is 32.2 Å². The third-order valence-corrected chi connectivity index (χ3v) is 3.18. The maximum Gasteiger partial charge on any atom is 0.0695 e. The van der Waals surface area contributed by atoms with E-state index in [0.29, 0.717) is 6.04 Å². The van der Waals surface area contributed by atoms with Crippen molar-refractivity contribution in [3.05, 3.63) is 12.7 Å². The topological polar surface area (TPSA) is 23.5 Å². The van der Waals surface area contributed by atoms with Crippen molar-refractivity contribution in [2.45, 2.75) is 50.7 Å². The van der Waals surface area contributed by atoms with Crippen molar-refractivity contribution >= 4 is 0 Å². The summed E-state index contributed by atoms with van der Waals surface area (Å²) in [6.45, 7) is 4.79. The molecule has 0 aromatic carbocycles. The number of aliphatic hydroxyl groups excluding tert-OH is 1. The number of hydrogen-bond donors (Lipinski definition) is 1. The summed E-state index contributed by atoms with van der Waals surface area (Å²) in [5.41, 5.74) is 0. The molecule has 2 heteroatoms. The Hall–Kier alpha value is -0.340. The number of allylic oxidation sites excluding steroid dienone is 1. The summed E-state index contributed by atoms with van der Waals surface area (Å²) >= 11 is 0. The van der Waals surface area contributed by atoms with Crippen molar-refractivity contribution in [1.82, 2.24) is 4.90 Å². The van der Waals surface area contributed by atoms with Crippen molar-refractivity contribution in [1.29, 1.82) is 0 Å². The Balaban J connectivity index is 2.26. The maximum atomic E-state index is 9.83. The first-order valence-electron chi connectivity index (χ1n) is 5.75. The van der Waals surface area contributed by atoms with Crippen LogP contribution in [0.15, 0.2) is 12.7 Å². The van der Waals surface area contributed by atoms with Gasteiger partial charge in [0.1, 0.15) is 0 Å². The minimum Gasteiger partial charge on any atom is -0.391 e. The molecule has 0 spiro atoms. The van der Waals surface area contributed by atoms with Gasteiger partial charge < -0.3 is 10.0 Å². The maximum absolute atomic E-state index is 9.83. The van der Waals surface area contributed by atoms with Crippen LogP contribution >= 0.6 is 0 Å². The highest BCUT2D eigenvalue weighted by atomic mass is 16.3. The third-order valence-electron chi connectivity index (χ3n) is 3.18. The van der Waals surface area contributed by atoms with Crippen LogP contribution in [0.25, 0.3) is 0 Å². The van der Waals surface area contributed by atoms with Gasteiger partial charge in [-0.1, -0.05) is 18.9 Å². The average Bonchev–Trinajstić information content (AvgIpc) is 2.18. The minimum atomic E-state index is -0.0996. The fourth-order valence-corrected chi connectivity index (χ4v) is 2.26. The summed E-state index contributed by atoms with van der Waals surface area (Å²) in [5, 5.41) is 9.83. The van der Waals surface area contributed by atoms with Gasteiger partial charge in [0.05, 0.1) is 6.10 Å². The Morgan fingerprint density at radius 2 is 2.14 bits per heavy atom. The van der Waals surface area contributed by atoms with Crippen LogP contribution in [0.2, 0.25) is 0 Å². The van der Waals surface area contributed by atoms with Gasteiger partial charge in [0, 0.05) is 6.04 Å². The molecular weight excluding hydrogens is 174 g/mol. The van der Waals surface area contributed by atoms with Crippen molar-refractivity contribution in [2.75, 3.05) is 13.6 Å². The lowest BCUT2D eigenvalue weighted by atomic mass is 9.91. The fourth-order valence-electron chi connectivity index (χ4n) is 2.26. The molecule has 0 saturated heterocycles. The summed E-state index contributed by atoms with van der Waals surface area (Å²) in [6.07, 6.45) is 8.70. The fraction of sp³-hybridized carbons (Fsp3) is 0.833. The molecule has 82 valence electrons. The molecular formula is C12H23NO. The second-order valence-electron chi connectivity index (χ2n) is 4.33. The molecule has 1 fully saturated rings. The molecule has 2 unspecified atom stereocenters. The van der Waals surface area contributed by atoms with Crippen LogP contribution in [0.1, 0.15) is 38.5 Å². The first-order chi connectivity index (χ1) is 6.75. The molecule has 2 nitrogen and oxygen atoms in total. The summed E-state index contributed by atoms with van der Waals surface area (Å²) in [5.74, 6) is 0. The van der Waals surface area contributed by atoms with Crippen LogP contribution in [-0.2, 0) is 0 Å². The zero-order chi connectivity index (χ0) is 10.4. The number of unbranched alkanes of at least 4 members (excludes halogenated alkanes) is 1. The molecule has 1 rings (SSSR count). The highest BCUT2D eigenvalue weighted by Gasteiger charge is 2.25. The van der Waals surface area contributed by atoms with Gasteiger partial charge in [0.25, 0.3) is 0 Å². The highest BCUT2D eigenvalue weighted by molar-refractivity contribution is 4.81. The summed E-state index contributed by atoms with van der Waals surface area (Å²) < 4.78 is 0. The molecule has 0 heterocycles. The van der Waals surface area contributed by atoms with Gasteiger partial charge >= 0.3 is 0 Å². The lowest BCUT2D eigenvalue weighted by Gasteiger charge is -2.35. The van der Waals surface area contributed by atoms with Crippen molar-refractivity contribution in [2.24, 2.45) is 0 Å². The first kappa shape index (κ1) is 11.7. The van der Waals surface area contributed by atoms with E-state index in [4.69, 9.17) is 0 Å². The van der Waals surface area contributed by atoms with Gasteiger partial charge in [-0.25, -0.2) is 0 Å². The number of aliphatic hydroxyl groups is 1. The Morgan fingerprint density at radius 3 is 2.79 bits per heavy atom. The molecule has 0 aromatic rings. The molecule has 0 amide bonds. The molecule has 1 aliphatic carbocycles. The lowest BCUT2D eigenvalue weighted by Crippen LogP contribution is -2.43. The Morgan fingerprint density at radius 1 is 1.43 bits per heavy atom. The monoisotopic (exact) mass is 197 g/mol. The van der Waals surface area contributed by atoms with Gasteiger partial charge in [0.15, 0.2) is 0 Å². The van der Waals surface area contributed by atoms with Crippen LogP contribution in [0.4, 0.5) is 0 Å². The zero-order valence-corrected chi connectivity index (χ0v) is 9.28. The van der Waals surface area contributed by atoms with Crippen LogP contribution in [0.5, 0.6) is 0 Å². The van der Waals surface area contributed by atoms with E-state index < -0.39 is 0 Å². The Kier molecular flexibility index (Phi) is 5.20. The van der Waals surface area contributed by atoms with Crippen molar-refractivity contribution < 1.29 is 5.11 Å². The van der Waals surface area contributed by atoms with E-state index in [1.165, 1.54) is 12.8 Å². The van der Waals surface area contributed by atoms with Crippen LogP contribution in [0, 0.1) is 0 Å². The minimum absolute atomic E-state index is 0.0996. The van der Waals surface area contributed by atoms with Gasteiger partial charge in [-0.15, -0.1) is 6.58 Å². The molecule has 1 saturated carbocycles. The predicted octanol–water partition coefficient (Wildman–Crippen LogP) is 2.19. The normalized spacial score (nSPS) is 27.9. The van der Waals surface area contributed by atoms with E-state index in [1.54, 1.807) is 0 Å². The van der Waals surface area contributed by atoms with E-state index in [9.17, 15) is 5.11 Å². The van der Waals surface area contributed by atoms with Gasteiger partial charge in [-0.3, -0.25) is 0 Å². The van der Waals surface area contributed by atoms with E-state index in [2.05, 4.69) is 18.5 Å². The molecule has 14 heavy (non-hydrogen) atoms. The van der Waals surface area contributed by atoms with E-state index in [1.807, 2.05) is 6.08 Å². The van der Waals surface area contributed by atoms with E-state index in [-0.39, 0.29) is 6.10 Å². The molecule has 0 aromatic heterocycles. The van der Waals surface area contributed by atoms with Crippen LogP contribution in [-0.4, -0.2) is 35.7 Å². The average molecular weight is 197 g/mol. The quantitative estimate of drug-likeness (QED) is 0.539. The lowest BCUT2D eigenvalue weighted by molar-refractivity contribution is 0.0319.